The van der Waals surface area contributed by atoms with E-state index in [0.29, 0.717) is 24.7 Å². The second-order valence-electron chi connectivity index (χ2n) is 5.26. The van der Waals surface area contributed by atoms with Gasteiger partial charge in [0.1, 0.15) is 19.0 Å². The molecule has 2 aromatic rings. The van der Waals surface area contributed by atoms with Crippen molar-refractivity contribution < 1.29 is 19.0 Å². The number of thioether (sulfide) groups is 1. The number of carbonyl (C=O) groups is 1. The quantitative estimate of drug-likeness (QED) is 0.840. The highest BCUT2D eigenvalue weighted by Crippen LogP contribution is 2.35. The van der Waals surface area contributed by atoms with Crippen LogP contribution in [-0.4, -0.2) is 31.5 Å². The maximum atomic E-state index is 12.4. The van der Waals surface area contributed by atoms with E-state index in [1.165, 1.54) is 11.8 Å². The number of amides is 1. The number of fused-ring (bicyclic) bond motifs is 1. The molecule has 1 N–H and O–H groups in total. The zero-order valence-corrected chi connectivity index (χ0v) is 14.4. The van der Waals surface area contributed by atoms with Gasteiger partial charge in [0.25, 0.3) is 0 Å². The number of nitrogens with one attached hydrogen (secondary N) is 1. The summed E-state index contributed by atoms with van der Waals surface area (Å²) in [6.07, 6.45) is 0. The molecule has 1 heterocycles. The minimum Gasteiger partial charge on any atom is -0.495 e. The van der Waals surface area contributed by atoms with Gasteiger partial charge in [0.2, 0.25) is 5.91 Å². The number of methoxy groups -OCH3 is 1. The fraction of sp³-hybridized carbons (Fsp3) is 0.278. The van der Waals surface area contributed by atoms with Crippen LogP contribution in [-0.2, 0) is 4.79 Å². The molecule has 1 aliphatic rings. The zero-order chi connectivity index (χ0) is 16.9. The van der Waals surface area contributed by atoms with Crippen molar-refractivity contribution in [2.45, 2.75) is 17.1 Å². The van der Waals surface area contributed by atoms with Gasteiger partial charge in [-0.05, 0) is 37.3 Å². The van der Waals surface area contributed by atoms with Gasteiger partial charge in [-0.1, -0.05) is 12.1 Å². The van der Waals surface area contributed by atoms with E-state index in [1.54, 1.807) is 7.11 Å². The van der Waals surface area contributed by atoms with Crippen LogP contribution in [0.3, 0.4) is 0 Å². The number of ether oxygens (including phenoxy) is 3. The Labute approximate surface area is 145 Å². The summed E-state index contributed by atoms with van der Waals surface area (Å²) in [6, 6.07) is 13.1. The molecule has 1 atom stereocenters. The number of hydrogen-bond acceptors (Lipinski definition) is 5. The highest BCUT2D eigenvalue weighted by atomic mass is 32.2. The van der Waals surface area contributed by atoms with Crippen molar-refractivity contribution >= 4 is 23.4 Å². The predicted octanol–water partition coefficient (Wildman–Crippen LogP) is 3.59. The topological polar surface area (TPSA) is 56.8 Å². The molecule has 0 saturated carbocycles. The molecule has 0 spiro atoms. The fourth-order valence-electron chi connectivity index (χ4n) is 2.34. The third kappa shape index (κ3) is 3.76. The molecule has 0 saturated heterocycles. The van der Waals surface area contributed by atoms with Crippen LogP contribution in [0.15, 0.2) is 47.4 Å². The van der Waals surface area contributed by atoms with Gasteiger partial charge in [0, 0.05) is 4.90 Å². The summed E-state index contributed by atoms with van der Waals surface area (Å²) in [5.41, 5.74) is 0.666. The molecule has 0 aromatic heterocycles. The Kier molecular flexibility index (Phi) is 5.15. The minimum atomic E-state index is -0.266. The normalized spacial score (nSPS) is 13.9. The van der Waals surface area contributed by atoms with Crippen molar-refractivity contribution in [3.63, 3.8) is 0 Å². The van der Waals surface area contributed by atoms with E-state index in [-0.39, 0.29) is 11.2 Å². The maximum Gasteiger partial charge on any atom is 0.237 e. The van der Waals surface area contributed by atoms with Crippen LogP contribution < -0.4 is 19.5 Å². The van der Waals surface area contributed by atoms with Gasteiger partial charge in [0.15, 0.2) is 11.5 Å². The monoisotopic (exact) mass is 345 g/mol. The molecule has 0 aliphatic carbocycles. The van der Waals surface area contributed by atoms with Crippen molar-refractivity contribution in [1.29, 1.82) is 0 Å². The summed E-state index contributed by atoms with van der Waals surface area (Å²) in [6.45, 7) is 2.98. The average Bonchev–Trinajstić information content (AvgIpc) is 2.62. The molecule has 126 valence electrons. The Morgan fingerprint density at radius 3 is 2.71 bits per heavy atom. The lowest BCUT2D eigenvalue weighted by molar-refractivity contribution is -0.115. The second kappa shape index (κ2) is 7.49. The van der Waals surface area contributed by atoms with Crippen molar-refractivity contribution in [2.24, 2.45) is 0 Å². The number of rotatable bonds is 5. The molecule has 0 unspecified atom stereocenters. The lowest BCUT2D eigenvalue weighted by Crippen LogP contribution is -2.22. The number of para-hydroxylation sites is 2. The Hall–Kier alpha value is -2.34. The molecular weight excluding hydrogens is 326 g/mol. The van der Waals surface area contributed by atoms with Gasteiger partial charge in [-0.2, -0.15) is 0 Å². The molecule has 5 nitrogen and oxygen atoms in total. The standard InChI is InChI=1S/C18H19NO4S/c1-12(18(20)19-14-5-3-4-6-15(14)21-2)24-13-7-8-16-17(11-13)23-10-9-22-16/h3-8,11-12H,9-10H2,1-2H3,(H,19,20)/t12-/m0/s1. The van der Waals surface area contributed by atoms with Gasteiger partial charge in [0.05, 0.1) is 18.0 Å². The van der Waals surface area contributed by atoms with Crippen molar-refractivity contribution in [2.75, 3.05) is 25.6 Å². The summed E-state index contributed by atoms with van der Waals surface area (Å²) >= 11 is 1.47. The first-order chi connectivity index (χ1) is 11.7. The summed E-state index contributed by atoms with van der Waals surface area (Å²) in [5.74, 6) is 2.03. The highest BCUT2D eigenvalue weighted by molar-refractivity contribution is 8.00. The van der Waals surface area contributed by atoms with Crippen LogP contribution in [0, 0.1) is 0 Å². The van der Waals surface area contributed by atoms with Gasteiger partial charge >= 0.3 is 0 Å². The lowest BCUT2D eigenvalue weighted by Gasteiger charge is -2.19. The van der Waals surface area contributed by atoms with Crippen molar-refractivity contribution in [1.82, 2.24) is 0 Å². The molecule has 0 fully saturated rings. The van der Waals surface area contributed by atoms with E-state index in [4.69, 9.17) is 14.2 Å². The van der Waals surface area contributed by atoms with E-state index >= 15 is 0 Å². The van der Waals surface area contributed by atoms with Gasteiger partial charge in [-0.25, -0.2) is 0 Å². The van der Waals surface area contributed by atoms with Crippen LogP contribution in [0.2, 0.25) is 0 Å². The molecule has 0 radical (unpaired) electrons. The maximum absolute atomic E-state index is 12.4. The number of carbonyl (C=O) groups excluding carboxylic acids is 1. The molecule has 3 rings (SSSR count). The van der Waals surface area contributed by atoms with E-state index in [2.05, 4.69) is 5.32 Å². The second-order valence-corrected chi connectivity index (χ2v) is 6.67. The van der Waals surface area contributed by atoms with E-state index in [1.807, 2.05) is 49.4 Å². The van der Waals surface area contributed by atoms with E-state index in [9.17, 15) is 4.79 Å². The SMILES string of the molecule is COc1ccccc1NC(=O)[C@H](C)Sc1ccc2c(c1)OCCO2. The molecular formula is C18H19NO4S. The molecule has 0 bridgehead atoms. The summed E-state index contributed by atoms with van der Waals surface area (Å²) < 4.78 is 16.3. The Balaban J connectivity index is 1.66. The van der Waals surface area contributed by atoms with Crippen LogP contribution in [0.1, 0.15) is 6.92 Å². The van der Waals surface area contributed by atoms with Crippen LogP contribution in [0.5, 0.6) is 17.2 Å². The predicted molar refractivity (Wildman–Crippen MR) is 94.4 cm³/mol. The molecule has 6 heteroatoms. The van der Waals surface area contributed by atoms with Crippen LogP contribution in [0.25, 0.3) is 0 Å². The lowest BCUT2D eigenvalue weighted by atomic mass is 10.3. The Bertz CT molecular complexity index is 735. The van der Waals surface area contributed by atoms with Gasteiger partial charge in [-0.3, -0.25) is 4.79 Å². The summed E-state index contributed by atoms with van der Waals surface area (Å²) in [7, 11) is 1.58. The summed E-state index contributed by atoms with van der Waals surface area (Å²) in [5, 5.41) is 2.64. The van der Waals surface area contributed by atoms with E-state index in [0.717, 1.165) is 16.4 Å². The highest BCUT2D eigenvalue weighted by Gasteiger charge is 2.18. The molecule has 1 amide bonds. The minimum absolute atomic E-state index is 0.0839. The number of benzene rings is 2. The molecule has 1 aliphatic heterocycles. The first kappa shape index (κ1) is 16.5. The Morgan fingerprint density at radius 2 is 1.92 bits per heavy atom. The van der Waals surface area contributed by atoms with Crippen LogP contribution >= 0.6 is 11.8 Å². The average molecular weight is 345 g/mol. The zero-order valence-electron chi connectivity index (χ0n) is 13.6. The van der Waals surface area contributed by atoms with Crippen molar-refractivity contribution in [3.8, 4) is 17.2 Å². The fourth-order valence-corrected chi connectivity index (χ4v) is 3.23. The van der Waals surface area contributed by atoms with Gasteiger partial charge in [-0.15, -0.1) is 11.8 Å². The smallest absolute Gasteiger partial charge is 0.237 e. The van der Waals surface area contributed by atoms with E-state index < -0.39 is 0 Å². The van der Waals surface area contributed by atoms with Crippen LogP contribution in [0.4, 0.5) is 5.69 Å². The third-order valence-corrected chi connectivity index (χ3v) is 4.65. The van der Waals surface area contributed by atoms with Gasteiger partial charge < -0.3 is 19.5 Å². The number of hydrogen-bond donors (Lipinski definition) is 1. The summed E-state index contributed by atoms with van der Waals surface area (Å²) in [4.78, 5) is 13.4. The first-order valence-corrected chi connectivity index (χ1v) is 8.55. The number of anilines is 1. The Morgan fingerprint density at radius 1 is 1.17 bits per heavy atom. The largest absolute Gasteiger partial charge is 0.495 e. The molecule has 24 heavy (non-hydrogen) atoms. The van der Waals surface area contributed by atoms with Crippen molar-refractivity contribution in [3.05, 3.63) is 42.5 Å². The molecule has 2 aromatic carbocycles. The third-order valence-electron chi connectivity index (χ3n) is 3.56. The first-order valence-electron chi connectivity index (χ1n) is 7.67.